The van der Waals surface area contributed by atoms with Crippen LogP contribution < -0.4 is 11.1 Å². The number of thioether (sulfide) groups is 1. The molecule has 3 N–H and O–H groups in total. The maximum absolute atomic E-state index is 12.9. The number of carbonyl (C=O) groups is 1. The van der Waals surface area contributed by atoms with Crippen molar-refractivity contribution < 1.29 is 9.18 Å². The number of nitrogens with one attached hydrogen (secondary N) is 1. The van der Waals surface area contributed by atoms with Gasteiger partial charge in [-0.1, -0.05) is 23.1 Å². The van der Waals surface area contributed by atoms with E-state index in [-0.39, 0.29) is 11.6 Å². The zero-order valence-corrected chi connectivity index (χ0v) is 11.4. The third-order valence-corrected chi connectivity index (χ3v) is 4.04. The molecule has 0 aliphatic rings. The molecule has 100 valence electrons. The molecule has 1 aromatic carbocycles. The lowest BCUT2D eigenvalue weighted by molar-refractivity contribution is -0.115. The van der Waals surface area contributed by atoms with Crippen LogP contribution >= 0.6 is 23.1 Å². The number of benzene rings is 1. The van der Waals surface area contributed by atoms with Gasteiger partial charge in [-0.2, -0.15) is 0 Å². The summed E-state index contributed by atoms with van der Waals surface area (Å²) >= 11 is 2.90. The van der Waals surface area contributed by atoms with Crippen LogP contribution in [0.4, 0.5) is 15.8 Å². The van der Waals surface area contributed by atoms with E-state index in [1.807, 2.05) is 0 Å². The summed E-state index contributed by atoms with van der Waals surface area (Å²) in [6.45, 7) is 0. The number of nitrogens with zero attached hydrogens (tertiary/aromatic N) is 2. The molecule has 0 unspecified atom stereocenters. The molecular formula is C11H11FN4OS2. The van der Waals surface area contributed by atoms with Crippen LogP contribution in [0.15, 0.2) is 28.0 Å². The van der Waals surface area contributed by atoms with Gasteiger partial charge in [0.05, 0.1) is 5.69 Å². The monoisotopic (exact) mass is 298 g/mol. The number of amides is 1. The highest BCUT2D eigenvalue weighted by Gasteiger charge is 2.06. The second-order valence-electron chi connectivity index (χ2n) is 3.59. The first kappa shape index (κ1) is 13.8. The minimum absolute atomic E-state index is 0.0148. The Labute approximate surface area is 117 Å². The van der Waals surface area contributed by atoms with Crippen LogP contribution in [0.3, 0.4) is 0 Å². The lowest BCUT2D eigenvalue weighted by Gasteiger charge is -2.05. The molecule has 0 bridgehead atoms. The fraction of sp³-hybridized carbons (Fsp3) is 0.182. The molecule has 1 aromatic heterocycles. The minimum Gasteiger partial charge on any atom is -0.396 e. The van der Waals surface area contributed by atoms with Gasteiger partial charge in [0.2, 0.25) is 5.91 Å². The van der Waals surface area contributed by atoms with Gasteiger partial charge in [0.25, 0.3) is 0 Å². The van der Waals surface area contributed by atoms with Gasteiger partial charge >= 0.3 is 0 Å². The van der Waals surface area contributed by atoms with Crippen LogP contribution in [0.1, 0.15) is 6.42 Å². The van der Waals surface area contributed by atoms with E-state index in [2.05, 4.69) is 15.5 Å². The summed E-state index contributed by atoms with van der Waals surface area (Å²) in [7, 11) is 0. The largest absolute Gasteiger partial charge is 0.396 e. The molecule has 0 fully saturated rings. The number of nitrogen functional groups attached to an aromatic ring is 1. The highest BCUT2D eigenvalue weighted by atomic mass is 32.2. The average molecular weight is 298 g/mol. The number of hydrogen-bond donors (Lipinski definition) is 2. The molecule has 5 nitrogen and oxygen atoms in total. The fourth-order valence-corrected chi connectivity index (χ4v) is 2.80. The smallest absolute Gasteiger partial charge is 0.225 e. The van der Waals surface area contributed by atoms with Crippen LogP contribution in [0, 0.1) is 5.82 Å². The van der Waals surface area contributed by atoms with E-state index in [0.717, 1.165) is 4.34 Å². The second-order valence-corrected chi connectivity index (χ2v) is 5.76. The summed E-state index contributed by atoms with van der Waals surface area (Å²) in [5.74, 6) is -0.0367. The zero-order chi connectivity index (χ0) is 13.7. The number of aromatic nitrogens is 2. The Balaban J connectivity index is 1.79. The number of rotatable bonds is 5. The van der Waals surface area contributed by atoms with Crippen molar-refractivity contribution in [3.8, 4) is 0 Å². The number of anilines is 2. The summed E-state index contributed by atoms with van der Waals surface area (Å²) in [5, 5.41) is 10.2. The van der Waals surface area contributed by atoms with Crippen molar-refractivity contribution in [3.05, 3.63) is 29.5 Å². The molecule has 19 heavy (non-hydrogen) atoms. The van der Waals surface area contributed by atoms with Crippen LogP contribution in [0.25, 0.3) is 0 Å². The van der Waals surface area contributed by atoms with E-state index in [0.29, 0.717) is 17.9 Å². The van der Waals surface area contributed by atoms with E-state index in [9.17, 15) is 9.18 Å². The maximum atomic E-state index is 12.9. The van der Waals surface area contributed by atoms with Crippen molar-refractivity contribution >= 4 is 40.4 Å². The third-order valence-electron chi connectivity index (χ3n) is 2.17. The average Bonchev–Trinajstić information content (AvgIpc) is 2.87. The summed E-state index contributed by atoms with van der Waals surface area (Å²) in [6, 6.07) is 4.09. The van der Waals surface area contributed by atoms with Gasteiger partial charge in [-0.15, -0.1) is 10.2 Å². The summed E-state index contributed by atoms with van der Waals surface area (Å²) in [4.78, 5) is 11.6. The Morgan fingerprint density at radius 3 is 3.05 bits per heavy atom. The molecule has 1 heterocycles. The van der Waals surface area contributed by atoms with Gasteiger partial charge < -0.3 is 11.1 Å². The number of nitrogens with two attached hydrogens (primary N) is 1. The van der Waals surface area contributed by atoms with E-state index in [1.165, 1.54) is 41.3 Å². The van der Waals surface area contributed by atoms with Crippen LogP contribution in [-0.4, -0.2) is 21.9 Å². The van der Waals surface area contributed by atoms with Crippen molar-refractivity contribution in [2.75, 3.05) is 16.8 Å². The molecule has 1 amide bonds. The first-order valence-electron chi connectivity index (χ1n) is 5.39. The van der Waals surface area contributed by atoms with Gasteiger partial charge in [0, 0.05) is 17.9 Å². The molecule has 8 heteroatoms. The van der Waals surface area contributed by atoms with Crippen molar-refractivity contribution in [2.24, 2.45) is 0 Å². The number of halogens is 1. The van der Waals surface area contributed by atoms with E-state index < -0.39 is 5.82 Å². The lowest BCUT2D eigenvalue weighted by atomic mass is 10.2. The zero-order valence-electron chi connectivity index (χ0n) is 9.80. The third kappa shape index (κ3) is 4.18. The van der Waals surface area contributed by atoms with Crippen molar-refractivity contribution in [2.45, 2.75) is 10.8 Å². The van der Waals surface area contributed by atoms with Crippen molar-refractivity contribution in [1.29, 1.82) is 0 Å². The fourth-order valence-electron chi connectivity index (χ4n) is 1.30. The Hall–Kier alpha value is -1.67. The Bertz CT molecular complexity index is 562. The SMILES string of the molecule is Nc1cc(NC(=O)CCSc2nncs2)ccc1F. The molecule has 0 spiro atoms. The van der Waals surface area contributed by atoms with Gasteiger partial charge in [0.15, 0.2) is 4.34 Å². The quantitative estimate of drug-likeness (QED) is 0.654. The molecule has 0 aliphatic carbocycles. The van der Waals surface area contributed by atoms with E-state index in [4.69, 9.17) is 5.73 Å². The Kier molecular flexibility index (Phi) is 4.69. The molecule has 2 rings (SSSR count). The molecule has 0 saturated heterocycles. The number of carbonyl (C=O) groups excluding carboxylic acids is 1. The van der Waals surface area contributed by atoms with Gasteiger partial charge in [-0.25, -0.2) is 4.39 Å². The first-order chi connectivity index (χ1) is 9.15. The highest BCUT2D eigenvalue weighted by molar-refractivity contribution is 8.01. The Morgan fingerprint density at radius 1 is 1.53 bits per heavy atom. The highest BCUT2D eigenvalue weighted by Crippen LogP contribution is 2.20. The summed E-state index contributed by atoms with van der Waals surface area (Å²) in [5.41, 5.74) is 7.56. The predicted octanol–water partition coefficient (Wildman–Crippen LogP) is 2.38. The molecule has 0 atom stereocenters. The van der Waals surface area contributed by atoms with Gasteiger partial charge in [-0.05, 0) is 18.2 Å². The minimum atomic E-state index is -0.496. The molecule has 0 aliphatic heterocycles. The van der Waals surface area contributed by atoms with Gasteiger partial charge in [0.1, 0.15) is 11.3 Å². The Morgan fingerprint density at radius 2 is 2.37 bits per heavy atom. The van der Waals surface area contributed by atoms with Crippen LogP contribution in [0.2, 0.25) is 0 Å². The lowest BCUT2D eigenvalue weighted by Crippen LogP contribution is -2.12. The molecular weight excluding hydrogens is 287 g/mol. The predicted molar refractivity (Wildman–Crippen MR) is 74.7 cm³/mol. The van der Waals surface area contributed by atoms with Gasteiger partial charge in [-0.3, -0.25) is 4.79 Å². The molecule has 2 aromatic rings. The standard InChI is InChI=1S/C11H11FN4OS2/c12-8-2-1-7(5-9(8)13)15-10(17)3-4-18-11-16-14-6-19-11/h1-2,5-6H,3-4,13H2,(H,15,17). The normalized spacial score (nSPS) is 10.4. The van der Waals surface area contributed by atoms with E-state index in [1.54, 1.807) is 5.51 Å². The summed E-state index contributed by atoms with van der Waals surface area (Å²) in [6.07, 6.45) is 0.335. The second kappa shape index (κ2) is 6.48. The van der Waals surface area contributed by atoms with Crippen LogP contribution in [0.5, 0.6) is 0 Å². The van der Waals surface area contributed by atoms with E-state index >= 15 is 0 Å². The first-order valence-corrected chi connectivity index (χ1v) is 7.25. The molecule has 0 radical (unpaired) electrons. The maximum Gasteiger partial charge on any atom is 0.225 e. The van der Waals surface area contributed by atoms with Crippen molar-refractivity contribution in [1.82, 2.24) is 10.2 Å². The number of hydrogen-bond acceptors (Lipinski definition) is 6. The summed E-state index contributed by atoms with van der Waals surface area (Å²) < 4.78 is 13.8. The van der Waals surface area contributed by atoms with Crippen LogP contribution in [-0.2, 0) is 4.79 Å². The molecule has 0 saturated carbocycles. The topological polar surface area (TPSA) is 80.9 Å². The van der Waals surface area contributed by atoms with Crippen molar-refractivity contribution in [3.63, 3.8) is 0 Å².